The second-order valence-corrected chi connectivity index (χ2v) is 5.59. The van der Waals surface area contributed by atoms with E-state index in [4.69, 9.17) is 10.00 Å². The summed E-state index contributed by atoms with van der Waals surface area (Å²) in [5.41, 5.74) is 0.978. The summed E-state index contributed by atoms with van der Waals surface area (Å²) < 4.78 is 4.88. The molecule has 1 atom stereocenters. The number of ether oxygens (including phenoxy) is 1. The summed E-state index contributed by atoms with van der Waals surface area (Å²) in [5, 5.41) is 14.3. The van der Waals surface area contributed by atoms with Crippen LogP contribution in [0.4, 0.5) is 4.79 Å². The highest BCUT2D eigenvalue weighted by Crippen LogP contribution is 2.06. The highest BCUT2D eigenvalue weighted by Gasteiger charge is 2.16. The normalized spacial score (nSPS) is 11.4. The van der Waals surface area contributed by atoms with Crippen LogP contribution in [0.3, 0.4) is 0 Å². The van der Waals surface area contributed by atoms with Crippen LogP contribution in [0.2, 0.25) is 0 Å². The molecule has 2 N–H and O–H groups in total. The quantitative estimate of drug-likeness (QED) is 0.808. The molecule has 0 saturated heterocycles. The standard InChI is InChI=1S/C17H23N3O3/c1-4-23-17(22)20-15(9-12(2)3)11-19-16(21)14-7-5-13(10-18)6-8-14/h5-8,12,15H,4,9,11H2,1-3H3,(H,19,21)(H,20,22)/t15-/m1/s1. The monoisotopic (exact) mass is 317 g/mol. The molecule has 23 heavy (non-hydrogen) atoms. The molecule has 0 heterocycles. The van der Waals surface area contributed by atoms with Crippen molar-refractivity contribution in [2.45, 2.75) is 33.2 Å². The summed E-state index contributed by atoms with van der Waals surface area (Å²) in [6, 6.07) is 8.20. The fourth-order valence-corrected chi connectivity index (χ4v) is 2.12. The van der Waals surface area contributed by atoms with Gasteiger partial charge in [-0.2, -0.15) is 5.26 Å². The highest BCUT2D eigenvalue weighted by atomic mass is 16.5. The number of alkyl carbamates (subject to hydrolysis) is 1. The molecule has 0 radical (unpaired) electrons. The number of nitrogens with one attached hydrogen (secondary N) is 2. The van der Waals surface area contributed by atoms with Crippen molar-refractivity contribution in [3.05, 3.63) is 35.4 Å². The third-order valence-corrected chi connectivity index (χ3v) is 3.14. The van der Waals surface area contributed by atoms with E-state index in [1.165, 1.54) is 0 Å². The van der Waals surface area contributed by atoms with E-state index in [9.17, 15) is 9.59 Å². The molecule has 0 aliphatic carbocycles. The Morgan fingerprint density at radius 2 is 1.91 bits per heavy atom. The Kier molecular flexibility index (Phi) is 7.61. The first-order valence-electron chi connectivity index (χ1n) is 7.67. The predicted molar refractivity (Wildman–Crippen MR) is 86.9 cm³/mol. The predicted octanol–water partition coefficient (Wildman–Crippen LogP) is 2.45. The van der Waals surface area contributed by atoms with Crippen molar-refractivity contribution < 1.29 is 14.3 Å². The van der Waals surface area contributed by atoms with Gasteiger partial charge >= 0.3 is 6.09 Å². The molecule has 0 aliphatic heterocycles. The van der Waals surface area contributed by atoms with Gasteiger partial charge in [-0.1, -0.05) is 13.8 Å². The lowest BCUT2D eigenvalue weighted by Crippen LogP contribution is -2.44. The molecular formula is C17H23N3O3. The minimum absolute atomic E-state index is 0.198. The Morgan fingerprint density at radius 3 is 2.43 bits per heavy atom. The van der Waals surface area contributed by atoms with Gasteiger partial charge in [0.25, 0.3) is 5.91 Å². The Bertz CT molecular complexity index is 561. The van der Waals surface area contributed by atoms with Crippen LogP contribution in [0.15, 0.2) is 24.3 Å². The fourth-order valence-electron chi connectivity index (χ4n) is 2.12. The minimum atomic E-state index is -0.481. The van der Waals surface area contributed by atoms with Gasteiger partial charge < -0.3 is 15.4 Å². The molecule has 1 rings (SSSR count). The Balaban J connectivity index is 2.59. The smallest absolute Gasteiger partial charge is 0.407 e. The van der Waals surface area contributed by atoms with Crippen molar-refractivity contribution in [3.63, 3.8) is 0 Å². The molecule has 0 spiro atoms. The Labute approximate surface area is 136 Å². The number of hydrogen-bond acceptors (Lipinski definition) is 4. The molecule has 124 valence electrons. The number of hydrogen-bond donors (Lipinski definition) is 2. The van der Waals surface area contributed by atoms with Crippen molar-refractivity contribution in [1.82, 2.24) is 10.6 Å². The summed E-state index contributed by atoms with van der Waals surface area (Å²) in [5.74, 6) is 0.127. The second kappa shape index (κ2) is 9.46. The zero-order valence-electron chi connectivity index (χ0n) is 13.8. The summed E-state index contributed by atoms with van der Waals surface area (Å²) in [4.78, 5) is 23.7. The first kappa shape index (κ1) is 18.5. The van der Waals surface area contributed by atoms with Crippen LogP contribution < -0.4 is 10.6 Å². The van der Waals surface area contributed by atoms with E-state index in [1.807, 2.05) is 19.9 Å². The molecule has 0 fully saturated rings. The zero-order valence-corrected chi connectivity index (χ0v) is 13.8. The van der Waals surface area contributed by atoms with Crippen molar-refractivity contribution in [2.24, 2.45) is 5.92 Å². The average Bonchev–Trinajstić information content (AvgIpc) is 2.52. The summed E-state index contributed by atoms with van der Waals surface area (Å²) >= 11 is 0. The maximum absolute atomic E-state index is 12.1. The Hall–Kier alpha value is -2.55. The first-order chi connectivity index (χ1) is 11.0. The fraction of sp³-hybridized carbons (Fsp3) is 0.471. The average molecular weight is 317 g/mol. The van der Waals surface area contributed by atoms with Gasteiger partial charge in [-0.3, -0.25) is 4.79 Å². The Morgan fingerprint density at radius 1 is 1.26 bits per heavy atom. The summed E-state index contributed by atoms with van der Waals surface area (Å²) in [6.45, 7) is 6.45. The van der Waals surface area contributed by atoms with Crippen molar-refractivity contribution in [3.8, 4) is 6.07 Å². The van der Waals surface area contributed by atoms with Crippen LogP contribution in [0.5, 0.6) is 0 Å². The molecule has 0 unspecified atom stereocenters. The molecular weight excluding hydrogens is 294 g/mol. The number of nitriles is 1. The van der Waals surface area contributed by atoms with Crippen LogP contribution in [-0.2, 0) is 4.74 Å². The molecule has 6 nitrogen and oxygen atoms in total. The van der Waals surface area contributed by atoms with Gasteiger partial charge in [0.1, 0.15) is 0 Å². The molecule has 1 aromatic rings. The number of carbonyl (C=O) groups excluding carboxylic acids is 2. The van der Waals surface area contributed by atoms with E-state index in [0.717, 1.165) is 6.42 Å². The van der Waals surface area contributed by atoms with Crippen molar-refractivity contribution in [2.75, 3.05) is 13.2 Å². The van der Waals surface area contributed by atoms with Gasteiger partial charge in [-0.25, -0.2) is 4.79 Å². The first-order valence-corrected chi connectivity index (χ1v) is 7.67. The molecule has 0 aromatic heterocycles. The second-order valence-electron chi connectivity index (χ2n) is 5.59. The lowest BCUT2D eigenvalue weighted by molar-refractivity contribution is 0.0944. The van der Waals surface area contributed by atoms with E-state index in [2.05, 4.69) is 10.6 Å². The van der Waals surface area contributed by atoms with E-state index < -0.39 is 6.09 Å². The number of carbonyl (C=O) groups is 2. The SMILES string of the molecule is CCOC(=O)N[C@@H](CNC(=O)c1ccc(C#N)cc1)CC(C)C. The van der Waals surface area contributed by atoms with Gasteiger partial charge in [0.05, 0.1) is 18.2 Å². The van der Waals surface area contributed by atoms with Crippen LogP contribution in [0, 0.1) is 17.2 Å². The molecule has 2 amide bonds. The van der Waals surface area contributed by atoms with Gasteiger partial charge in [0, 0.05) is 18.2 Å². The van der Waals surface area contributed by atoms with Gasteiger partial charge in [-0.05, 0) is 43.5 Å². The van der Waals surface area contributed by atoms with E-state index in [-0.39, 0.29) is 11.9 Å². The van der Waals surface area contributed by atoms with E-state index in [0.29, 0.717) is 30.2 Å². The zero-order chi connectivity index (χ0) is 17.2. The highest BCUT2D eigenvalue weighted by molar-refractivity contribution is 5.94. The number of benzene rings is 1. The van der Waals surface area contributed by atoms with Crippen LogP contribution in [0.25, 0.3) is 0 Å². The number of rotatable bonds is 7. The van der Waals surface area contributed by atoms with E-state index in [1.54, 1.807) is 31.2 Å². The molecule has 1 aromatic carbocycles. The van der Waals surface area contributed by atoms with Crippen LogP contribution in [0.1, 0.15) is 43.1 Å². The van der Waals surface area contributed by atoms with Crippen molar-refractivity contribution in [1.29, 1.82) is 5.26 Å². The molecule has 0 bridgehead atoms. The lowest BCUT2D eigenvalue weighted by Gasteiger charge is -2.20. The van der Waals surface area contributed by atoms with Gasteiger partial charge in [0.15, 0.2) is 0 Å². The maximum atomic E-state index is 12.1. The molecule has 0 saturated carbocycles. The molecule has 0 aliphatic rings. The third kappa shape index (κ3) is 6.83. The third-order valence-electron chi connectivity index (χ3n) is 3.14. The summed E-state index contributed by atoms with van der Waals surface area (Å²) in [7, 11) is 0. The topological polar surface area (TPSA) is 91.2 Å². The van der Waals surface area contributed by atoms with Gasteiger partial charge in [-0.15, -0.1) is 0 Å². The van der Waals surface area contributed by atoms with Crippen molar-refractivity contribution >= 4 is 12.0 Å². The lowest BCUT2D eigenvalue weighted by atomic mass is 10.0. The minimum Gasteiger partial charge on any atom is -0.450 e. The van der Waals surface area contributed by atoms with Crippen LogP contribution >= 0.6 is 0 Å². The summed E-state index contributed by atoms with van der Waals surface area (Å²) in [6.07, 6.45) is 0.248. The van der Waals surface area contributed by atoms with E-state index >= 15 is 0 Å². The largest absolute Gasteiger partial charge is 0.450 e. The molecule has 6 heteroatoms. The number of nitrogens with zero attached hydrogens (tertiary/aromatic N) is 1. The van der Waals surface area contributed by atoms with Gasteiger partial charge in [0.2, 0.25) is 0 Å². The number of amides is 2. The van der Waals surface area contributed by atoms with Crippen LogP contribution in [-0.4, -0.2) is 31.2 Å². The maximum Gasteiger partial charge on any atom is 0.407 e.